The highest BCUT2D eigenvalue weighted by atomic mass is 32.2. The molecule has 4 atom stereocenters. The lowest BCUT2D eigenvalue weighted by molar-refractivity contribution is -0.150. The van der Waals surface area contributed by atoms with Gasteiger partial charge in [0, 0.05) is 57.5 Å². The Kier molecular flexibility index (Phi) is 12.5. The van der Waals surface area contributed by atoms with Gasteiger partial charge in [0.05, 0.1) is 13.2 Å². The number of ether oxygens (including phenoxy) is 2. The third-order valence-electron chi connectivity index (χ3n) is 5.58. The molecule has 0 N–H and O–H groups in total. The Morgan fingerprint density at radius 3 is 1.93 bits per heavy atom. The molecule has 2 fully saturated rings. The van der Waals surface area contributed by atoms with Crippen LogP contribution in [-0.4, -0.2) is 56.6 Å². The van der Waals surface area contributed by atoms with Gasteiger partial charge in [0.15, 0.2) is 0 Å². The number of rotatable bonds is 14. The van der Waals surface area contributed by atoms with Crippen molar-refractivity contribution in [2.24, 2.45) is 11.8 Å². The Morgan fingerprint density at radius 2 is 1.33 bits per heavy atom. The average Bonchev–Trinajstić information content (AvgIpc) is 2.73. The summed E-state index contributed by atoms with van der Waals surface area (Å²) >= 11 is 0. The molecule has 2 saturated heterocycles. The van der Waals surface area contributed by atoms with Crippen molar-refractivity contribution < 1.29 is 27.5 Å². The van der Waals surface area contributed by atoms with Gasteiger partial charge in [-0.2, -0.15) is 0 Å². The third-order valence-corrected chi connectivity index (χ3v) is 8.56. The molecule has 0 aromatic heterocycles. The van der Waals surface area contributed by atoms with Crippen LogP contribution in [0, 0.1) is 11.8 Å². The number of unbranched alkanes of at least 4 members (excludes halogenated alkanes) is 1. The zero-order valence-electron chi connectivity index (χ0n) is 17.9. The van der Waals surface area contributed by atoms with Crippen molar-refractivity contribution in [3.05, 3.63) is 12.2 Å². The van der Waals surface area contributed by atoms with E-state index in [0.29, 0.717) is 60.9 Å². The van der Waals surface area contributed by atoms with E-state index in [9.17, 15) is 18.0 Å². The van der Waals surface area contributed by atoms with Crippen LogP contribution in [0.3, 0.4) is 0 Å². The van der Waals surface area contributed by atoms with Gasteiger partial charge in [-0.1, -0.05) is 12.2 Å². The Balaban J connectivity index is 1.40. The molecule has 0 aromatic rings. The van der Waals surface area contributed by atoms with Gasteiger partial charge < -0.3 is 9.47 Å². The number of cyclic esters (lactones) is 2. The summed E-state index contributed by atoms with van der Waals surface area (Å²) in [6.45, 7) is 1.04. The SMILES string of the molecule is O=C1CCC(CC=CCCCS(=O)CCCS(=O)CCCC2CCC(=O)OC2)CO1. The minimum atomic E-state index is -0.847. The summed E-state index contributed by atoms with van der Waals surface area (Å²) in [5.74, 6) is 3.29. The molecule has 0 aliphatic carbocycles. The molecule has 8 heteroatoms. The van der Waals surface area contributed by atoms with Gasteiger partial charge in [-0.25, -0.2) is 0 Å². The van der Waals surface area contributed by atoms with Crippen LogP contribution in [0.25, 0.3) is 0 Å². The van der Waals surface area contributed by atoms with Crippen LogP contribution in [0.15, 0.2) is 12.2 Å². The summed E-state index contributed by atoms with van der Waals surface area (Å²) in [5, 5.41) is 0. The normalized spacial score (nSPS) is 24.4. The monoisotopic (exact) mass is 460 g/mol. The first kappa shape index (κ1) is 25.2. The van der Waals surface area contributed by atoms with E-state index in [0.717, 1.165) is 51.4 Å². The van der Waals surface area contributed by atoms with E-state index < -0.39 is 21.6 Å². The molecule has 2 rings (SSSR count). The second-order valence-corrected chi connectivity index (χ2v) is 11.6. The predicted octanol–water partition coefficient (Wildman–Crippen LogP) is 3.29. The Labute approximate surface area is 185 Å². The fourth-order valence-electron chi connectivity index (χ4n) is 3.68. The summed E-state index contributed by atoms with van der Waals surface area (Å²) in [6.07, 6.45) is 12.5. The maximum Gasteiger partial charge on any atom is 0.305 e. The van der Waals surface area contributed by atoms with Crippen molar-refractivity contribution in [1.82, 2.24) is 0 Å². The minimum Gasteiger partial charge on any atom is -0.465 e. The molecule has 30 heavy (non-hydrogen) atoms. The first-order valence-electron chi connectivity index (χ1n) is 11.2. The van der Waals surface area contributed by atoms with Crippen molar-refractivity contribution in [1.29, 1.82) is 0 Å². The molecule has 6 nitrogen and oxygen atoms in total. The number of esters is 2. The molecule has 2 heterocycles. The lowest BCUT2D eigenvalue weighted by atomic mass is 9.97. The van der Waals surface area contributed by atoms with E-state index in [1.807, 2.05) is 0 Å². The smallest absolute Gasteiger partial charge is 0.305 e. The van der Waals surface area contributed by atoms with Crippen LogP contribution in [0.5, 0.6) is 0 Å². The van der Waals surface area contributed by atoms with Crippen molar-refractivity contribution in [2.45, 2.75) is 64.2 Å². The van der Waals surface area contributed by atoms with Crippen molar-refractivity contribution in [3.63, 3.8) is 0 Å². The minimum absolute atomic E-state index is 0.0881. The summed E-state index contributed by atoms with van der Waals surface area (Å²) in [4.78, 5) is 22.0. The largest absolute Gasteiger partial charge is 0.465 e. The van der Waals surface area contributed by atoms with Crippen LogP contribution in [0.1, 0.15) is 64.2 Å². The fraction of sp³-hybridized carbons (Fsp3) is 0.818. The van der Waals surface area contributed by atoms with Gasteiger partial charge >= 0.3 is 11.9 Å². The molecule has 0 amide bonds. The van der Waals surface area contributed by atoms with Crippen LogP contribution in [0.2, 0.25) is 0 Å². The average molecular weight is 461 g/mol. The van der Waals surface area contributed by atoms with Crippen molar-refractivity contribution in [3.8, 4) is 0 Å². The van der Waals surface area contributed by atoms with Gasteiger partial charge in [-0.3, -0.25) is 18.0 Å². The molecule has 0 aromatic carbocycles. The Morgan fingerprint density at radius 1 is 0.767 bits per heavy atom. The van der Waals surface area contributed by atoms with E-state index in [-0.39, 0.29) is 11.9 Å². The van der Waals surface area contributed by atoms with Crippen LogP contribution in [-0.2, 0) is 40.7 Å². The first-order chi connectivity index (χ1) is 14.5. The molecule has 2 aliphatic rings. The highest BCUT2D eigenvalue weighted by Crippen LogP contribution is 2.20. The molecular formula is C22H36O6S2. The van der Waals surface area contributed by atoms with E-state index in [1.54, 1.807) is 0 Å². The van der Waals surface area contributed by atoms with Gasteiger partial charge in [0.25, 0.3) is 0 Å². The quantitative estimate of drug-likeness (QED) is 0.225. The van der Waals surface area contributed by atoms with Gasteiger partial charge in [-0.15, -0.1) is 0 Å². The number of allylic oxidation sites excluding steroid dienone is 2. The van der Waals surface area contributed by atoms with Crippen molar-refractivity contribution >= 4 is 33.5 Å². The molecule has 0 saturated carbocycles. The van der Waals surface area contributed by atoms with Crippen LogP contribution >= 0.6 is 0 Å². The van der Waals surface area contributed by atoms with Crippen LogP contribution < -0.4 is 0 Å². The number of hydrogen-bond donors (Lipinski definition) is 0. The van der Waals surface area contributed by atoms with E-state index in [4.69, 9.17) is 9.47 Å². The van der Waals surface area contributed by atoms with Gasteiger partial charge in [0.1, 0.15) is 0 Å². The maximum atomic E-state index is 12.1. The van der Waals surface area contributed by atoms with E-state index in [2.05, 4.69) is 12.2 Å². The third kappa shape index (κ3) is 11.4. The second kappa shape index (κ2) is 14.9. The van der Waals surface area contributed by atoms with Gasteiger partial charge in [0.2, 0.25) is 0 Å². The highest BCUT2D eigenvalue weighted by molar-refractivity contribution is 7.85. The summed E-state index contributed by atoms with van der Waals surface area (Å²) in [7, 11) is -1.68. The molecule has 4 unspecified atom stereocenters. The first-order valence-corrected chi connectivity index (χ1v) is 14.2. The molecule has 0 bridgehead atoms. The number of hydrogen-bond acceptors (Lipinski definition) is 6. The highest BCUT2D eigenvalue weighted by Gasteiger charge is 2.20. The number of carbonyl (C=O) groups excluding carboxylic acids is 2. The fourth-order valence-corrected chi connectivity index (χ4v) is 6.18. The Bertz CT molecular complexity index is 599. The molecule has 0 spiro atoms. The summed E-state index contributed by atoms with van der Waals surface area (Å²) < 4.78 is 34.3. The zero-order chi connectivity index (χ0) is 21.6. The van der Waals surface area contributed by atoms with E-state index >= 15 is 0 Å². The molecule has 2 aliphatic heterocycles. The summed E-state index contributed by atoms with van der Waals surface area (Å²) in [5.41, 5.74) is 0. The second-order valence-electron chi connectivity index (χ2n) is 8.22. The molecule has 172 valence electrons. The van der Waals surface area contributed by atoms with Crippen molar-refractivity contribution in [2.75, 3.05) is 36.2 Å². The molecule has 0 radical (unpaired) electrons. The topological polar surface area (TPSA) is 86.7 Å². The number of carbonyl (C=O) groups is 2. The lowest BCUT2D eigenvalue weighted by Crippen LogP contribution is -2.22. The standard InChI is InChI=1S/C22H36O6S2/c23-21-11-9-19(17-27-21)7-3-1-2-4-13-29(25)15-6-16-30(26)14-5-8-20-10-12-22(24)28-18-20/h1,3,19-20H,2,4-18H2. The lowest BCUT2D eigenvalue weighted by Gasteiger charge is -2.21. The molecular weight excluding hydrogens is 424 g/mol. The zero-order valence-corrected chi connectivity index (χ0v) is 19.5. The van der Waals surface area contributed by atoms with Gasteiger partial charge in [-0.05, 0) is 63.2 Å². The van der Waals surface area contributed by atoms with E-state index in [1.165, 1.54) is 0 Å². The Hall–Kier alpha value is -1.02. The predicted molar refractivity (Wildman–Crippen MR) is 120 cm³/mol. The summed E-state index contributed by atoms with van der Waals surface area (Å²) in [6, 6.07) is 0. The maximum absolute atomic E-state index is 12.1. The van der Waals surface area contributed by atoms with Crippen LogP contribution in [0.4, 0.5) is 0 Å².